The number of halogens is 1. The van der Waals surface area contributed by atoms with Crippen LogP contribution >= 0.6 is 11.6 Å². The number of hydrogen-bond acceptors (Lipinski definition) is 5. The molecule has 0 saturated heterocycles. The van der Waals surface area contributed by atoms with Crippen LogP contribution in [0, 0.1) is 10.1 Å². The summed E-state index contributed by atoms with van der Waals surface area (Å²) in [4.78, 5) is 36.8. The Morgan fingerprint density at radius 1 is 0.857 bits per heavy atom. The van der Waals surface area contributed by atoms with E-state index in [0.29, 0.717) is 22.2 Å². The second-order valence-corrected chi connectivity index (χ2v) is 6.39. The summed E-state index contributed by atoms with van der Waals surface area (Å²) >= 11 is 5.84. The van der Waals surface area contributed by atoms with Crippen molar-refractivity contribution >= 4 is 34.8 Å². The minimum Gasteiger partial charge on any atom is -0.457 e. The summed E-state index contributed by atoms with van der Waals surface area (Å²) in [6.07, 6.45) is 0. The zero-order valence-corrected chi connectivity index (χ0v) is 14.9. The van der Waals surface area contributed by atoms with Gasteiger partial charge < -0.3 is 4.74 Å². The van der Waals surface area contributed by atoms with Crippen molar-refractivity contribution in [2.24, 2.45) is 0 Å². The molecule has 1 aliphatic heterocycles. The van der Waals surface area contributed by atoms with E-state index in [9.17, 15) is 19.7 Å². The number of imide groups is 1. The molecule has 2 amide bonds. The van der Waals surface area contributed by atoms with Crippen molar-refractivity contribution in [3.8, 4) is 11.5 Å². The van der Waals surface area contributed by atoms with Crippen LogP contribution in [0.3, 0.4) is 0 Å². The third kappa shape index (κ3) is 2.97. The van der Waals surface area contributed by atoms with Crippen molar-refractivity contribution in [1.82, 2.24) is 0 Å². The van der Waals surface area contributed by atoms with Gasteiger partial charge in [-0.1, -0.05) is 17.7 Å². The Hall–Kier alpha value is -3.71. The number of anilines is 1. The van der Waals surface area contributed by atoms with Crippen molar-refractivity contribution in [2.75, 3.05) is 4.90 Å². The van der Waals surface area contributed by atoms with E-state index in [-0.39, 0.29) is 16.8 Å². The SMILES string of the molecule is O=C1c2cccc([N+](=O)[O-])c2C(=O)N1c1ccc(Oc2ccc(Cl)cc2)cc1. The summed E-state index contributed by atoms with van der Waals surface area (Å²) in [5.41, 5.74) is -0.273. The van der Waals surface area contributed by atoms with Crippen LogP contribution in [-0.2, 0) is 0 Å². The van der Waals surface area contributed by atoms with Gasteiger partial charge in [-0.15, -0.1) is 0 Å². The molecule has 3 aromatic carbocycles. The summed E-state index contributed by atoms with van der Waals surface area (Å²) in [6.45, 7) is 0. The highest BCUT2D eigenvalue weighted by atomic mass is 35.5. The number of nitro groups is 1. The molecule has 0 atom stereocenters. The predicted octanol–water partition coefficient (Wildman–Crippen LogP) is 4.84. The van der Waals surface area contributed by atoms with Crippen LogP contribution < -0.4 is 9.64 Å². The Bertz CT molecular complexity index is 1110. The highest BCUT2D eigenvalue weighted by Crippen LogP contribution is 2.34. The van der Waals surface area contributed by atoms with E-state index in [1.165, 1.54) is 18.2 Å². The van der Waals surface area contributed by atoms with Gasteiger partial charge in [0.25, 0.3) is 17.5 Å². The average Bonchev–Trinajstić information content (AvgIpc) is 2.95. The molecule has 0 unspecified atom stereocenters. The fourth-order valence-corrected chi connectivity index (χ4v) is 3.08. The Labute approximate surface area is 163 Å². The molecule has 3 aromatic rings. The number of nitro benzene ring substituents is 1. The number of ether oxygens (including phenoxy) is 1. The van der Waals surface area contributed by atoms with Crippen molar-refractivity contribution in [3.63, 3.8) is 0 Å². The lowest BCUT2D eigenvalue weighted by Gasteiger charge is -2.14. The van der Waals surface area contributed by atoms with Gasteiger partial charge in [0.1, 0.15) is 17.1 Å². The van der Waals surface area contributed by atoms with Crippen LogP contribution in [0.4, 0.5) is 11.4 Å². The van der Waals surface area contributed by atoms with Gasteiger partial charge in [0.2, 0.25) is 0 Å². The van der Waals surface area contributed by atoms with E-state index in [1.54, 1.807) is 48.5 Å². The van der Waals surface area contributed by atoms with Gasteiger partial charge in [-0.3, -0.25) is 19.7 Å². The maximum Gasteiger partial charge on any atom is 0.283 e. The second-order valence-electron chi connectivity index (χ2n) is 5.95. The van der Waals surface area contributed by atoms with Gasteiger partial charge in [0.15, 0.2) is 0 Å². The van der Waals surface area contributed by atoms with Crippen molar-refractivity contribution in [3.05, 3.63) is 93.0 Å². The van der Waals surface area contributed by atoms with Crippen molar-refractivity contribution in [2.45, 2.75) is 0 Å². The maximum atomic E-state index is 12.7. The highest BCUT2D eigenvalue weighted by Gasteiger charge is 2.41. The largest absolute Gasteiger partial charge is 0.457 e. The van der Waals surface area contributed by atoms with Gasteiger partial charge in [-0.05, 0) is 54.6 Å². The molecule has 0 aliphatic carbocycles. The van der Waals surface area contributed by atoms with Crippen LogP contribution in [-0.4, -0.2) is 16.7 Å². The van der Waals surface area contributed by atoms with E-state index < -0.39 is 16.7 Å². The molecule has 138 valence electrons. The molecule has 1 heterocycles. The number of carbonyl (C=O) groups excluding carboxylic acids is 2. The zero-order chi connectivity index (χ0) is 19.8. The summed E-state index contributed by atoms with van der Waals surface area (Å²) in [6, 6.07) is 17.1. The van der Waals surface area contributed by atoms with Crippen LogP contribution in [0.25, 0.3) is 0 Å². The highest BCUT2D eigenvalue weighted by molar-refractivity contribution is 6.35. The minimum absolute atomic E-state index is 0.0145. The first-order valence-electron chi connectivity index (χ1n) is 8.15. The quantitative estimate of drug-likeness (QED) is 0.359. The second kappa shape index (κ2) is 6.79. The number of amides is 2. The van der Waals surface area contributed by atoms with E-state index in [1.807, 2.05) is 0 Å². The average molecular weight is 395 g/mol. The molecular formula is C20H11ClN2O5. The molecule has 0 saturated carbocycles. The fourth-order valence-electron chi connectivity index (χ4n) is 2.96. The first kappa shape index (κ1) is 17.7. The molecule has 0 radical (unpaired) electrons. The molecule has 0 N–H and O–H groups in total. The zero-order valence-electron chi connectivity index (χ0n) is 14.2. The molecule has 0 aromatic heterocycles. The summed E-state index contributed by atoms with van der Waals surface area (Å²) < 4.78 is 5.68. The molecule has 4 rings (SSSR count). The monoisotopic (exact) mass is 394 g/mol. The first-order valence-corrected chi connectivity index (χ1v) is 8.53. The number of hydrogen-bond donors (Lipinski definition) is 0. The van der Waals surface area contributed by atoms with Crippen LogP contribution in [0.1, 0.15) is 20.7 Å². The molecular weight excluding hydrogens is 384 g/mol. The Morgan fingerprint density at radius 2 is 1.46 bits per heavy atom. The molecule has 0 bridgehead atoms. The van der Waals surface area contributed by atoms with Gasteiger partial charge in [-0.2, -0.15) is 0 Å². The molecule has 1 aliphatic rings. The van der Waals surface area contributed by atoms with E-state index in [4.69, 9.17) is 16.3 Å². The lowest BCUT2D eigenvalue weighted by atomic mass is 10.1. The predicted molar refractivity (Wildman–Crippen MR) is 102 cm³/mol. The van der Waals surface area contributed by atoms with Gasteiger partial charge >= 0.3 is 0 Å². The summed E-state index contributed by atoms with van der Waals surface area (Å²) in [5.74, 6) is -0.254. The lowest BCUT2D eigenvalue weighted by Crippen LogP contribution is -2.29. The van der Waals surface area contributed by atoms with Crippen molar-refractivity contribution < 1.29 is 19.2 Å². The molecule has 28 heavy (non-hydrogen) atoms. The minimum atomic E-state index is -0.723. The van der Waals surface area contributed by atoms with Gasteiger partial charge in [-0.25, -0.2) is 4.90 Å². The number of fused-ring (bicyclic) bond motifs is 1. The van der Waals surface area contributed by atoms with Crippen LogP contribution in [0.15, 0.2) is 66.7 Å². The first-order chi connectivity index (χ1) is 13.5. The summed E-state index contributed by atoms with van der Waals surface area (Å²) in [5, 5.41) is 11.8. The lowest BCUT2D eigenvalue weighted by molar-refractivity contribution is -0.385. The van der Waals surface area contributed by atoms with Crippen LogP contribution in [0.2, 0.25) is 5.02 Å². The van der Waals surface area contributed by atoms with Crippen LogP contribution in [0.5, 0.6) is 11.5 Å². The third-order valence-electron chi connectivity index (χ3n) is 4.23. The molecule has 0 fully saturated rings. The molecule has 8 heteroatoms. The standard InChI is InChI=1S/C20H11ClN2O5/c21-12-4-8-14(9-5-12)28-15-10-6-13(7-11-15)22-19(24)16-2-1-3-17(23(26)27)18(16)20(22)25/h1-11H. The van der Waals surface area contributed by atoms with Crippen molar-refractivity contribution in [1.29, 1.82) is 0 Å². The van der Waals surface area contributed by atoms with E-state index >= 15 is 0 Å². The fraction of sp³-hybridized carbons (Fsp3) is 0. The Kier molecular flexibility index (Phi) is 4.29. The number of benzene rings is 3. The topological polar surface area (TPSA) is 89.8 Å². The Morgan fingerprint density at radius 3 is 2.07 bits per heavy atom. The van der Waals surface area contributed by atoms with Gasteiger partial charge in [0, 0.05) is 11.1 Å². The smallest absolute Gasteiger partial charge is 0.283 e. The number of nitrogens with zero attached hydrogens (tertiary/aromatic N) is 2. The maximum absolute atomic E-state index is 12.7. The summed E-state index contributed by atoms with van der Waals surface area (Å²) in [7, 11) is 0. The van der Waals surface area contributed by atoms with Gasteiger partial charge in [0.05, 0.1) is 16.2 Å². The number of rotatable bonds is 4. The third-order valence-corrected chi connectivity index (χ3v) is 4.49. The van der Waals surface area contributed by atoms with E-state index in [2.05, 4.69) is 0 Å². The molecule has 0 spiro atoms. The Balaban J connectivity index is 1.62. The number of carbonyl (C=O) groups is 2. The van der Waals surface area contributed by atoms with E-state index in [0.717, 1.165) is 4.90 Å². The molecule has 7 nitrogen and oxygen atoms in total. The normalized spacial score (nSPS) is 12.8.